The van der Waals surface area contributed by atoms with Crippen molar-refractivity contribution < 1.29 is 28.6 Å². The van der Waals surface area contributed by atoms with E-state index in [0.717, 1.165) is 55.6 Å². The molecule has 311 valence electrons. The van der Waals surface area contributed by atoms with Gasteiger partial charge in [-0.1, -0.05) is 77.0 Å². The average molecular weight is 1050 g/mol. The quantitative estimate of drug-likeness (QED) is 0.118. The summed E-state index contributed by atoms with van der Waals surface area (Å²) in [6, 6.07) is 56.5. The molecule has 0 aliphatic rings. The van der Waals surface area contributed by atoms with Crippen LogP contribution in [0.5, 0.6) is 0 Å². The van der Waals surface area contributed by atoms with Crippen molar-refractivity contribution >= 4 is 61.4 Å². The van der Waals surface area contributed by atoms with Crippen molar-refractivity contribution in [1.29, 1.82) is 0 Å². The van der Waals surface area contributed by atoms with Crippen LogP contribution in [0.3, 0.4) is 0 Å². The number of benzene rings is 7. The second kappa shape index (κ2) is 17.6. The van der Waals surface area contributed by atoms with Crippen molar-refractivity contribution in [3.63, 3.8) is 0 Å². The molecule has 0 bridgehead atoms. The Bertz CT molecular complexity index is 3270. The molecule has 0 saturated heterocycles. The number of hydrogen-bond acceptors (Lipinski definition) is 3. The maximum atomic E-state index is 7.25. The van der Waals surface area contributed by atoms with E-state index in [1.165, 1.54) is 49.2 Å². The molecular weight excluding hydrogens is 995 g/mol. The molecule has 0 atom stereocenters. The number of pyridine rings is 1. The van der Waals surface area contributed by atoms with Crippen molar-refractivity contribution in [2.45, 2.75) is 63.7 Å². The standard InChI is InChI=1S/C44H41GeN2O.C12H10N.Ir/c1-27(2)36-24-31(29-14-9-8-10-15-29)25-37(28(3)4)41(36)47-40-19-12-11-18-39(40)46-44(47)35-17-13-16-33-34-23-21-30-20-22-32(45(5,6)7)26-38(30)43(34)48-42(33)35;1-10-5-7-11(8-6-10)12-4-2-3-9-13-12;/h8-16,18-28H,1-7H3;2-7,9H,1H3;/q2*-1;/i;1D3;. The summed E-state index contributed by atoms with van der Waals surface area (Å²) in [6.07, 6.45) is 1.70. The first-order chi connectivity index (χ1) is 30.7. The molecule has 0 saturated carbocycles. The van der Waals surface area contributed by atoms with Crippen LogP contribution in [0.1, 0.15) is 60.3 Å². The molecule has 0 spiro atoms. The van der Waals surface area contributed by atoms with Crippen molar-refractivity contribution in [2.24, 2.45) is 0 Å². The van der Waals surface area contributed by atoms with Gasteiger partial charge in [0.05, 0.1) is 0 Å². The van der Waals surface area contributed by atoms with E-state index in [4.69, 9.17) is 13.5 Å². The fourth-order valence-corrected chi connectivity index (χ4v) is 10.7. The number of rotatable bonds is 7. The first-order valence-electron chi connectivity index (χ1n) is 22.6. The molecule has 1 radical (unpaired) electrons. The molecule has 6 heteroatoms. The smallest absolute Gasteiger partial charge is 0.0177 e. The largest absolute Gasteiger partial charge is 0.305 e. The topological polar surface area (TPSA) is 43.9 Å². The van der Waals surface area contributed by atoms with Gasteiger partial charge in [0.15, 0.2) is 0 Å². The number of aromatic nitrogens is 3. The molecule has 10 rings (SSSR count). The summed E-state index contributed by atoms with van der Waals surface area (Å²) in [4.78, 5) is 9.52. The third-order valence-electron chi connectivity index (χ3n) is 11.6. The van der Waals surface area contributed by atoms with E-state index in [0.29, 0.717) is 5.56 Å². The first kappa shape index (κ1) is 39.3. The van der Waals surface area contributed by atoms with Gasteiger partial charge in [0, 0.05) is 30.4 Å². The Morgan fingerprint density at radius 2 is 1.39 bits per heavy atom. The molecular formula is C56H51GeIrN3O-2. The zero-order chi connectivity index (χ0) is 44.9. The molecule has 10 aromatic rings. The normalized spacial score (nSPS) is 12.6. The average Bonchev–Trinajstić information content (AvgIpc) is 3.88. The summed E-state index contributed by atoms with van der Waals surface area (Å²) in [7, 11) is 0. The van der Waals surface area contributed by atoms with Crippen LogP contribution in [0.25, 0.3) is 83.2 Å². The first-order valence-corrected chi connectivity index (χ1v) is 28.5. The number of furan rings is 1. The maximum absolute atomic E-state index is 7.25. The molecule has 0 aliphatic heterocycles. The monoisotopic (exact) mass is 1050 g/mol. The number of nitrogens with zero attached hydrogens (tertiary/aromatic N) is 3. The van der Waals surface area contributed by atoms with Crippen LogP contribution in [0, 0.1) is 19.0 Å². The fraction of sp³-hybridized carbons (Fsp3) is 0.179. The van der Waals surface area contributed by atoms with Gasteiger partial charge in [0.2, 0.25) is 0 Å². The second-order valence-electron chi connectivity index (χ2n) is 17.5. The van der Waals surface area contributed by atoms with Crippen molar-refractivity contribution in [3.8, 4) is 39.5 Å². The van der Waals surface area contributed by atoms with Crippen LogP contribution in [0.2, 0.25) is 17.3 Å². The molecule has 0 fully saturated rings. The third kappa shape index (κ3) is 8.22. The molecule has 0 amide bonds. The van der Waals surface area contributed by atoms with Gasteiger partial charge in [-0.15, -0.1) is 35.4 Å². The number of para-hydroxylation sites is 2. The molecule has 4 nitrogen and oxygen atoms in total. The Balaban J connectivity index is 0.000000287. The zero-order valence-corrected chi connectivity index (χ0v) is 40.7. The molecule has 7 aromatic carbocycles. The van der Waals surface area contributed by atoms with E-state index in [2.05, 4.69) is 170 Å². The predicted octanol–water partition coefficient (Wildman–Crippen LogP) is 14.9. The summed E-state index contributed by atoms with van der Waals surface area (Å²) in [5.74, 6) is 8.76. The van der Waals surface area contributed by atoms with Crippen LogP contribution in [0.4, 0.5) is 0 Å². The van der Waals surface area contributed by atoms with Gasteiger partial charge in [0.1, 0.15) is 0 Å². The predicted molar refractivity (Wildman–Crippen MR) is 260 cm³/mol. The van der Waals surface area contributed by atoms with E-state index in [-0.39, 0.29) is 31.9 Å². The van der Waals surface area contributed by atoms with Crippen LogP contribution in [-0.2, 0) is 20.1 Å². The molecule has 3 heterocycles. The number of fused-ring (bicyclic) bond motifs is 6. The SMILES string of the molecule is CC(C)c1cc(-c2ccccc2)cc(C(C)C)c1-n1c(-c2[c-]ccc3c2oc2c4c[c]([Ge]([CH3])([CH3])[CH3])ccc4ccc32)nc2ccccc21.[2H]C([2H])([2H])c1c[c-]c(-c2ccccn2)cc1.[Ir]. The van der Waals surface area contributed by atoms with Gasteiger partial charge in [-0.05, 0) is 22.9 Å². The summed E-state index contributed by atoms with van der Waals surface area (Å²) in [6.45, 7) is 7.11. The molecule has 0 N–H and O–H groups in total. The molecule has 3 aromatic heterocycles. The molecule has 0 aliphatic carbocycles. The van der Waals surface area contributed by atoms with Gasteiger partial charge >= 0.3 is 218 Å². The minimum atomic E-state index is -2.07. The van der Waals surface area contributed by atoms with Crippen molar-refractivity contribution in [2.75, 3.05) is 0 Å². The Hall–Kier alpha value is -5.59. The van der Waals surface area contributed by atoms with Crippen molar-refractivity contribution in [1.82, 2.24) is 14.5 Å². The van der Waals surface area contributed by atoms with Crippen LogP contribution in [0.15, 0.2) is 156 Å². The van der Waals surface area contributed by atoms with Crippen molar-refractivity contribution in [3.05, 3.63) is 181 Å². The van der Waals surface area contributed by atoms with E-state index < -0.39 is 20.1 Å². The Morgan fingerprint density at radius 3 is 2.06 bits per heavy atom. The van der Waals surface area contributed by atoms with E-state index in [1.54, 1.807) is 18.3 Å². The van der Waals surface area contributed by atoms with Crippen LogP contribution < -0.4 is 4.40 Å². The van der Waals surface area contributed by atoms with E-state index in [9.17, 15) is 0 Å². The minimum absolute atomic E-state index is 0. The zero-order valence-electron chi connectivity index (χ0n) is 39.2. The summed E-state index contributed by atoms with van der Waals surface area (Å²) < 4.78 is 32.6. The maximum Gasteiger partial charge on any atom is 0.0177 e. The minimum Gasteiger partial charge on any atom is -0.305 e. The van der Waals surface area contributed by atoms with Gasteiger partial charge in [-0.2, -0.15) is 0 Å². The molecule has 62 heavy (non-hydrogen) atoms. The summed E-state index contributed by atoms with van der Waals surface area (Å²) in [5, 5.41) is 4.61. The number of aryl methyl sites for hydroxylation is 1. The van der Waals surface area contributed by atoms with Crippen LogP contribution >= 0.6 is 0 Å². The Labute approximate surface area is 386 Å². The van der Waals surface area contributed by atoms with Crippen LogP contribution in [-0.4, -0.2) is 27.8 Å². The van der Waals surface area contributed by atoms with E-state index in [1.807, 2.05) is 24.3 Å². The second-order valence-corrected chi connectivity index (χ2v) is 28.1. The van der Waals surface area contributed by atoms with Gasteiger partial charge in [-0.3, -0.25) is 0 Å². The van der Waals surface area contributed by atoms with Gasteiger partial charge in [-0.25, -0.2) is 0 Å². The van der Waals surface area contributed by atoms with E-state index >= 15 is 0 Å². The molecule has 0 unspecified atom stereocenters. The fourth-order valence-electron chi connectivity index (χ4n) is 8.29. The number of imidazole rings is 1. The summed E-state index contributed by atoms with van der Waals surface area (Å²) in [5.41, 5.74) is 12.9. The Kier molecular flexibility index (Phi) is 11.2. The van der Waals surface area contributed by atoms with Gasteiger partial charge < -0.3 is 4.98 Å². The third-order valence-corrected chi connectivity index (χ3v) is 15.8. The van der Waals surface area contributed by atoms with Gasteiger partial charge in [0.25, 0.3) is 0 Å². The Morgan fingerprint density at radius 1 is 0.677 bits per heavy atom. The summed E-state index contributed by atoms with van der Waals surface area (Å²) >= 11 is -2.06. The number of hydrogen-bond donors (Lipinski definition) is 0.